The minimum atomic E-state index is -4.51. The molecule has 1 saturated heterocycles. The number of rotatable bonds is 7. The van der Waals surface area contributed by atoms with Crippen LogP contribution in [0.15, 0.2) is 30.3 Å². The Morgan fingerprint density at radius 2 is 1.85 bits per heavy atom. The molecule has 3 N–H and O–H groups in total. The lowest BCUT2D eigenvalue weighted by Crippen LogP contribution is -2.44. The number of amides is 1. The number of carbonyl (C=O) groups excluding carboxylic acids is 1. The number of alkyl halides is 2. The quantitative estimate of drug-likeness (QED) is 0.742. The predicted molar refractivity (Wildman–Crippen MR) is 94.8 cm³/mol. The fourth-order valence-corrected chi connectivity index (χ4v) is 3.96. The molecule has 1 aromatic carbocycles. The predicted octanol–water partition coefficient (Wildman–Crippen LogP) is 1.70. The topological polar surface area (TPSA) is 92.5 Å². The summed E-state index contributed by atoms with van der Waals surface area (Å²) in [6.07, 6.45) is 0.872. The van der Waals surface area contributed by atoms with Gasteiger partial charge in [-0.15, -0.1) is 0 Å². The summed E-state index contributed by atoms with van der Waals surface area (Å²) >= 11 is 0. The van der Waals surface area contributed by atoms with E-state index in [1.165, 1.54) is 0 Å². The lowest BCUT2D eigenvalue weighted by molar-refractivity contribution is -0.125. The molecule has 1 amide bonds. The standard InChI is InChI=1S/C17H25F2N3O3S/c1-12(15(20)14-5-3-2-4-6-14)16(23)21-11-13-7-9-22(10-8-13)26(24,25)17(18)19/h2-6,12-13,15,17H,7-11,20H2,1H3,(H,21,23). The molecule has 0 aromatic heterocycles. The van der Waals surface area contributed by atoms with E-state index in [9.17, 15) is 22.0 Å². The number of hydrogen-bond donors (Lipinski definition) is 2. The summed E-state index contributed by atoms with van der Waals surface area (Å²) in [7, 11) is -4.51. The second kappa shape index (κ2) is 8.88. The maximum Gasteiger partial charge on any atom is 0.350 e. The average Bonchev–Trinajstić information content (AvgIpc) is 2.65. The van der Waals surface area contributed by atoms with Gasteiger partial charge in [0.1, 0.15) is 0 Å². The molecule has 0 bridgehead atoms. The zero-order valence-corrected chi connectivity index (χ0v) is 15.5. The summed E-state index contributed by atoms with van der Waals surface area (Å²) in [6, 6.07) is 8.92. The largest absolute Gasteiger partial charge is 0.356 e. The van der Waals surface area contributed by atoms with Crippen LogP contribution in [0.5, 0.6) is 0 Å². The van der Waals surface area contributed by atoms with E-state index in [4.69, 9.17) is 5.73 Å². The van der Waals surface area contributed by atoms with Gasteiger partial charge in [-0.2, -0.15) is 13.1 Å². The fraction of sp³-hybridized carbons (Fsp3) is 0.588. The van der Waals surface area contributed by atoms with Gasteiger partial charge in [0.2, 0.25) is 5.91 Å². The van der Waals surface area contributed by atoms with Crippen molar-refractivity contribution in [2.45, 2.75) is 31.6 Å². The smallest absolute Gasteiger partial charge is 0.350 e. The molecule has 2 rings (SSSR count). The molecular formula is C17H25F2N3O3S. The highest BCUT2D eigenvalue weighted by Gasteiger charge is 2.35. The molecule has 0 spiro atoms. The molecule has 6 nitrogen and oxygen atoms in total. The maximum atomic E-state index is 12.6. The summed E-state index contributed by atoms with van der Waals surface area (Å²) in [4.78, 5) is 12.3. The number of carbonyl (C=O) groups is 1. The fourth-order valence-electron chi connectivity index (χ4n) is 3.01. The average molecular weight is 389 g/mol. The van der Waals surface area contributed by atoms with Gasteiger partial charge >= 0.3 is 5.76 Å². The van der Waals surface area contributed by atoms with Gasteiger partial charge in [0.05, 0.1) is 5.92 Å². The lowest BCUT2D eigenvalue weighted by Gasteiger charge is -2.31. The Hall–Kier alpha value is -1.58. The van der Waals surface area contributed by atoms with E-state index < -0.39 is 27.7 Å². The van der Waals surface area contributed by atoms with Crippen molar-refractivity contribution in [2.75, 3.05) is 19.6 Å². The van der Waals surface area contributed by atoms with E-state index in [-0.39, 0.29) is 24.9 Å². The molecule has 0 saturated carbocycles. The lowest BCUT2D eigenvalue weighted by atomic mass is 9.93. The summed E-state index contributed by atoms with van der Waals surface area (Å²) < 4.78 is 48.8. The number of benzene rings is 1. The number of nitrogens with one attached hydrogen (secondary N) is 1. The van der Waals surface area contributed by atoms with Crippen LogP contribution in [0, 0.1) is 11.8 Å². The second-order valence-electron chi connectivity index (χ2n) is 6.62. The van der Waals surface area contributed by atoms with Crippen molar-refractivity contribution in [3.63, 3.8) is 0 Å². The third-order valence-electron chi connectivity index (χ3n) is 4.86. The highest BCUT2D eigenvalue weighted by molar-refractivity contribution is 7.89. The van der Waals surface area contributed by atoms with E-state index >= 15 is 0 Å². The summed E-state index contributed by atoms with van der Waals surface area (Å²) in [5, 5.41) is 2.84. The zero-order valence-electron chi connectivity index (χ0n) is 14.6. The number of piperidine rings is 1. The Kier molecular flexibility index (Phi) is 7.08. The SMILES string of the molecule is CC(C(=O)NCC1CCN(S(=O)(=O)C(F)F)CC1)C(N)c1ccccc1. The Morgan fingerprint density at radius 3 is 2.38 bits per heavy atom. The van der Waals surface area contributed by atoms with Crippen LogP contribution in [0.25, 0.3) is 0 Å². The molecule has 26 heavy (non-hydrogen) atoms. The number of nitrogens with zero attached hydrogens (tertiary/aromatic N) is 1. The van der Waals surface area contributed by atoms with Gasteiger partial charge in [-0.05, 0) is 24.3 Å². The first-order chi connectivity index (χ1) is 12.2. The maximum absolute atomic E-state index is 12.6. The Labute approximate surface area is 152 Å². The second-order valence-corrected chi connectivity index (χ2v) is 8.52. The van der Waals surface area contributed by atoms with Crippen LogP contribution >= 0.6 is 0 Å². The van der Waals surface area contributed by atoms with E-state index in [1.807, 2.05) is 30.3 Å². The van der Waals surface area contributed by atoms with Gasteiger partial charge < -0.3 is 11.1 Å². The molecule has 0 radical (unpaired) electrons. The van der Waals surface area contributed by atoms with Crippen LogP contribution in [0.3, 0.4) is 0 Å². The number of hydrogen-bond acceptors (Lipinski definition) is 4. The van der Waals surface area contributed by atoms with Crippen LogP contribution in [-0.4, -0.2) is 44.0 Å². The summed E-state index contributed by atoms with van der Waals surface area (Å²) in [5.74, 6) is -3.93. The monoisotopic (exact) mass is 389 g/mol. The van der Waals surface area contributed by atoms with Gasteiger partial charge in [0.25, 0.3) is 10.0 Å². The first kappa shape index (κ1) is 20.7. The van der Waals surface area contributed by atoms with E-state index in [1.54, 1.807) is 6.92 Å². The van der Waals surface area contributed by atoms with Crippen LogP contribution in [-0.2, 0) is 14.8 Å². The Morgan fingerprint density at radius 1 is 1.27 bits per heavy atom. The third kappa shape index (κ3) is 4.99. The van der Waals surface area contributed by atoms with Crippen molar-refractivity contribution in [1.82, 2.24) is 9.62 Å². The molecular weight excluding hydrogens is 364 g/mol. The third-order valence-corrected chi connectivity index (χ3v) is 6.40. The highest BCUT2D eigenvalue weighted by atomic mass is 32.2. The van der Waals surface area contributed by atoms with Crippen molar-refractivity contribution >= 4 is 15.9 Å². The summed E-state index contributed by atoms with van der Waals surface area (Å²) in [5.41, 5.74) is 7.01. The first-order valence-electron chi connectivity index (χ1n) is 8.58. The van der Waals surface area contributed by atoms with Crippen LogP contribution in [0.1, 0.15) is 31.4 Å². The zero-order chi connectivity index (χ0) is 19.3. The van der Waals surface area contributed by atoms with Crippen molar-refractivity contribution in [3.05, 3.63) is 35.9 Å². The van der Waals surface area contributed by atoms with Gasteiger partial charge in [-0.3, -0.25) is 4.79 Å². The minimum Gasteiger partial charge on any atom is -0.356 e. The Bertz CT molecular complexity index is 692. The molecule has 1 aromatic rings. The molecule has 1 aliphatic heterocycles. The van der Waals surface area contributed by atoms with E-state index in [0.717, 1.165) is 9.87 Å². The van der Waals surface area contributed by atoms with Crippen molar-refractivity contribution in [2.24, 2.45) is 17.6 Å². The van der Waals surface area contributed by atoms with Crippen LogP contribution < -0.4 is 11.1 Å². The van der Waals surface area contributed by atoms with Crippen LogP contribution in [0.2, 0.25) is 0 Å². The molecule has 2 atom stereocenters. The first-order valence-corrected chi connectivity index (χ1v) is 10.1. The van der Waals surface area contributed by atoms with Gasteiger partial charge in [0.15, 0.2) is 0 Å². The van der Waals surface area contributed by atoms with Crippen LogP contribution in [0.4, 0.5) is 8.78 Å². The number of nitrogens with two attached hydrogens (primary N) is 1. The molecule has 2 unspecified atom stereocenters. The van der Waals surface area contributed by atoms with Gasteiger partial charge in [0, 0.05) is 25.7 Å². The van der Waals surface area contributed by atoms with Crippen molar-refractivity contribution < 1.29 is 22.0 Å². The normalized spacial score (nSPS) is 19.3. The van der Waals surface area contributed by atoms with Gasteiger partial charge in [-0.1, -0.05) is 37.3 Å². The minimum absolute atomic E-state index is 0.0479. The van der Waals surface area contributed by atoms with Gasteiger partial charge in [-0.25, -0.2) is 8.42 Å². The number of halogens is 2. The molecule has 9 heteroatoms. The number of sulfonamides is 1. The van der Waals surface area contributed by atoms with E-state index in [0.29, 0.717) is 19.4 Å². The molecule has 146 valence electrons. The van der Waals surface area contributed by atoms with Crippen molar-refractivity contribution in [1.29, 1.82) is 0 Å². The molecule has 1 heterocycles. The molecule has 0 aliphatic carbocycles. The van der Waals surface area contributed by atoms with E-state index in [2.05, 4.69) is 5.32 Å². The van der Waals surface area contributed by atoms with Crippen molar-refractivity contribution in [3.8, 4) is 0 Å². The Balaban J connectivity index is 1.80. The summed E-state index contributed by atoms with van der Waals surface area (Å²) in [6.45, 7) is 2.23. The molecule has 1 aliphatic rings. The molecule has 1 fully saturated rings. The highest BCUT2D eigenvalue weighted by Crippen LogP contribution is 2.23.